The molecule has 1 heterocycles. The molecule has 0 bridgehead atoms. The van der Waals surface area contributed by atoms with Gasteiger partial charge in [-0.25, -0.2) is 9.18 Å². The van der Waals surface area contributed by atoms with Crippen molar-refractivity contribution in [2.45, 2.75) is 38.8 Å². The number of amides is 2. The smallest absolute Gasteiger partial charge is 0.390 e. The molecule has 3 atom stereocenters. The highest BCUT2D eigenvalue weighted by atomic mass is 19.4. The van der Waals surface area contributed by atoms with Gasteiger partial charge in [-0.2, -0.15) is 13.2 Å². The molecule has 0 saturated carbocycles. The highest BCUT2D eigenvalue weighted by Crippen LogP contribution is 2.37. The van der Waals surface area contributed by atoms with Gasteiger partial charge in [-0.1, -0.05) is 19.9 Å². The zero-order valence-corrected chi connectivity index (χ0v) is 18.8. The van der Waals surface area contributed by atoms with Gasteiger partial charge in [0.25, 0.3) is 0 Å². The molecule has 0 aromatic heterocycles. The molecule has 1 aliphatic rings. The Balaban J connectivity index is 1.94. The van der Waals surface area contributed by atoms with Gasteiger partial charge in [-0.15, -0.1) is 0 Å². The Hall–Kier alpha value is -3.30. The third-order valence-corrected chi connectivity index (χ3v) is 5.72. The van der Waals surface area contributed by atoms with Crippen molar-refractivity contribution in [2.24, 2.45) is 11.8 Å². The maximum absolute atomic E-state index is 13.1. The Morgan fingerprint density at radius 1 is 1.06 bits per heavy atom. The summed E-state index contributed by atoms with van der Waals surface area (Å²) in [5, 5.41) is 14.6. The first-order chi connectivity index (χ1) is 15.9. The Morgan fingerprint density at radius 3 is 2.24 bits per heavy atom. The maximum atomic E-state index is 13.1. The number of halogens is 4. The number of benzene rings is 2. The van der Waals surface area contributed by atoms with Crippen LogP contribution in [0.4, 0.5) is 39.4 Å². The molecule has 3 N–H and O–H groups in total. The zero-order valence-electron chi connectivity index (χ0n) is 18.8. The molecule has 34 heavy (non-hydrogen) atoms. The second kappa shape index (κ2) is 10.3. The Labute approximate surface area is 195 Å². The van der Waals surface area contributed by atoms with Gasteiger partial charge >= 0.3 is 18.2 Å². The molecule has 0 aliphatic carbocycles. The van der Waals surface area contributed by atoms with E-state index < -0.39 is 36.3 Å². The van der Waals surface area contributed by atoms with Crippen molar-refractivity contribution in [1.29, 1.82) is 0 Å². The fraction of sp³-hybridized carbons (Fsp3) is 0.417. The molecular formula is C24H27F4N3O3. The van der Waals surface area contributed by atoms with E-state index in [1.807, 2.05) is 4.90 Å². The Morgan fingerprint density at radius 2 is 1.68 bits per heavy atom. The van der Waals surface area contributed by atoms with Gasteiger partial charge in [-0.3, -0.25) is 4.79 Å². The third-order valence-electron chi connectivity index (χ3n) is 5.72. The lowest BCUT2D eigenvalue weighted by atomic mass is 9.90. The van der Waals surface area contributed by atoms with Crippen LogP contribution < -0.4 is 15.5 Å². The first-order valence-corrected chi connectivity index (χ1v) is 10.9. The van der Waals surface area contributed by atoms with E-state index in [9.17, 15) is 32.3 Å². The number of anilines is 3. The molecule has 6 nitrogen and oxygen atoms in total. The van der Waals surface area contributed by atoms with Crippen LogP contribution >= 0.6 is 0 Å². The van der Waals surface area contributed by atoms with Crippen LogP contribution in [-0.4, -0.2) is 36.4 Å². The molecule has 2 aromatic rings. The molecule has 1 aliphatic heterocycles. The summed E-state index contributed by atoms with van der Waals surface area (Å²) in [6, 6.07) is 8.60. The summed E-state index contributed by atoms with van der Waals surface area (Å²) in [5.74, 6) is -3.16. The van der Waals surface area contributed by atoms with E-state index in [0.29, 0.717) is 36.3 Å². The quantitative estimate of drug-likeness (QED) is 0.437. The highest BCUT2D eigenvalue weighted by Gasteiger charge is 2.37. The first-order valence-electron chi connectivity index (χ1n) is 10.9. The number of urea groups is 1. The van der Waals surface area contributed by atoms with Crippen molar-refractivity contribution in [3.8, 4) is 0 Å². The van der Waals surface area contributed by atoms with Crippen molar-refractivity contribution in [1.82, 2.24) is 0 Å². The van der Waals surface area contributed by atoms with E-state index in [1.54, 1.807) is 6.07 Å². The summed E-state index contributed by atoms with van der Waals surface area (Å²) in [5.41, 5.74) is 1.04. The highest BCUT2D eigenvalue weighted by molar-refractivity contribution is 6.02. The van der Waals surface area contributed by atoms with Crippen molar-refractivity contribution in [3.05, 3.63) is 53.8 Å². The van der Waals surface area contributed by atoms with Crippen molar-refractivity contribution >= 4 is 29.1 Å². The SMILES string of the molecule is CC1CC(C)CN(c2ccc(C(CC(F)(F)F)C(=O)O)cc2NC(=O)Nc2ccc(F)cc2)C1. The average molecular weight is 481 g/mol. The lowest BCUT2D eigenvalue weighted by Crippen LogP contribution is -2.39. The topological polar surface area (TPSA) is 81.7 Å². The number of carbonyl (C=O) groups is 2. The summed E-state index contributed by atoms with van der Waals surface area (Å²) in [6.45, 7) is 5.55. The van der Waals surface area contributed by atoms with E-state index in [4.69, 9.17) is 0 Å². The molecule has 3 unspecified atom stereocenters. The van der Waals surface area contributed by atoms with Gasteiger partial charge in [0.15, 0.2) is 0 Å². The molecule has 2 aromatic carbocycles. The number of carboxylic acids is 1. The normalized spacial score (nSPS) is 19.4. The number of hydrogen-bond donors (Lipinski definition) is 3. The van der Waals surface area contributed by atoms with Crippen LogP contribution in [0.3, 0.4) is 0 Å². The summed E-state index contributed by atoms with van der Waals surface area (Å²) < 4.78 is 52.2. The number of nitrogens with one attached hydrogen (secondary N) is 2. The fourth-order valence-electron chi connectivity index (χ4n) is 4.40. The first kappa shape index (κ1) is 25.3. The standard InChI is InChI=1S/C24H27F4N3O3/c1-14-9-15(2)13-31(12-14)21-8-3-16(19(22(32)33)11-24(26,27)28)10-20(21)30-23(34)29-18-6-4-17(25)5-7-18/h3-8,10,14-15,19H,9,11-13H2,1-2H3,(H,32,33)(H2,29,30,34). The van der Waals surface area contributed by atoms with Crippen molar-refractivity contribution < 1.29 is 32.3 Å². The maximum Gasteiger partial charge on any atom is 0.390 e. The van der Waals surface area contributed by atoms with Crippen LogP contribution in [0.1, 0.15) is 38.2 Å². The molecule has 1 fully saturated rings. The molecular weight excluding hydrogens is 454 g/mol. The van der Waals surface area contributed by atoms with Gasteiger partial charge in [-0.05, 0) is 60.2 Å². The van der Waals surface area contributed by atoms with E-state index in [1.165, 1.54) is 36.4 Å². The monoisotopic (exact) mass is 481 g/mol. The molecule has 0 radical (unpaired) electrons. The van der Waals surface area contributed by atoms with E-state index >= 15 is 0 Å². The lowest BCUT2D eigenvalue weighted by Gasteiger charge is -2.37. The van der Waals surface area contributed by atoms with Crippen LogP contribution in [0.25, 0.3) is 0 Å². The van der Waals surface area contributed by atoms with Gasteiger partial charge in [0, 0.05) is 18.8 Å². The van der Waals surface area contributed by atoms with Gasteiger partial charge in [0.05, 0.1) is 23.7 Å². The number of rotatable bonds is 6. The second-order valence-electron chi connectivity index (χ2n) is 8.92. The Bertz CT molecular complexity index is 1020. The fourth-order valence-corrected chi connectivity index (χ4v) is 4.40. The molecule has 2 amide bonds. The molecule has 1 saturated heterocycles. The van der Waals surface area contributed by atoms with Crippen molar-refractivity contribution in [3.63, 3.8) is 0 Å². The predicted octanol–water partition coefficient (Wildman–Crippen LogP) is 6.07. The summed E-state index contributed by atoms with van der Waals surface area (Å²) in [7, 11) is 0. The van der Waals surface area contributed by atoms with Gasteiger partial charge in [0.2, 0.25) is 0 Å². The van der Waals surface area contributed by atoms with Crippen LogP contribution in [0.15, 0.2) is 42.5 Å². The van der Waals surface area contributed by atoms with Crippen LogP contribution in [0.5, 0.6) is 0 Å². The predicted molar refractivity (Wildman–Crippen MR) is 122 cm³/mol. The number of aliphatic carboxylic acids is 1. The molecule has 0 spiro atoms. The second-order valence-corrected chi connectivity index (χ2v) is 8.92. The van der Waals surface area contributed by atoms with Gasteiger partial charge in [0.1, 0.15) is 5.82 Å². The largest absolute Gasteiger partial charge is 0.481 e. The number of piperidine rings is 1. The van der Waals surface area contributed by atoms with Crippen LogP contribution in [-0.2, 0) is 4.79 Å². The van der Waals surface area contributed by atoms with E-state index in [2.05, 4.69) is 24.5 Å². The van der Waals surface area contributed by atoms with E-state index in [-0.39, 0.29) is 11.3 Å². The number of carbonyl (C=O) groups excluding carboxylic acids is 1. The van der Waals surface area contributed by atoms with E-state index in [0.717, 1.165) is 6.42 Å². The number of carboxylic acid groups (broad SMARTS) is 1. The minimum absolute atomic E-state index is 0.0660. The number of alkyl halides is 3. The molecule has 184 valence electrons. The summed E-state index contributed by atoms with van der Waals surface area (Å²) >= 11 is 0. The number of nitrogens with zero attached hydrogens (tertiary/aromatic N) is 1. The summed E-state index contributed by atoms with van der Waals surface area (Å²) in [4.78, 5) is 26.3. The minimum Gasteiger partial charge on any atom is -0.481 e. The zero-order chi connectivity index (χ0) is 25.0. The van der Waals surface area contributed by atoms with Crippen LogP contribution in [0.2, 0.25) is 0 Å². The van der Waals surface area contributed by atoms with Crippen LogP contribution in [0, 0.1) is 17.7 Å². The Kier molecular flexibility index (Phi) is 7.68. The van der Waals surface area contributed by atoms with Crippen molar-refractivity contribution in [2.75, 3.05) is 28.6 Å². The summed E-state index contributed by atoms with van der Waals surface area (Å²) in [6.07, 6.45) is -5.18. The molecule has 3 rings (SSSR count). The average Bonchev–Trinajstić information content (AvgIpc) is 2.72. The third kappa shape index (κ3) is 6.85. The van der Waals surface area contributed by atoms with Gasteiger partial charge < -0.3 is 20.6 Å². The molecule has 10 heteroatoms. The number of hydrogen-bond acceptors (Lipinski definition) is 3. The minimum atomic E-state index is -4.67. The lowest BCUT2D eigenvalue weighted by molar-refractivity contribution is -0.157.